The third-order valence-corrected chi connectivity index (χ3v) is 4.76. The Morgan fingerprint density at radius 3 is 2.36 bits per heavy atom. The van der Waals surface area contributed by atoms with Crippen LogP contribution in [0.25, 0.3) is 5.65 Å². The third-order valence-electron chi connectivity index (χ3n) is 4.76. The van der Waals surface area contributed by atoms with Crippen molar-refractivity contribution in [3.8, 4) is 5.75 Å². The molecule has 0 N–H and O–H groups in total. The summed E-state index contributed by atoms with van der Waals surface area (Å²) in [6, 6.07) is 6.51. The topological polar surface area (TPSA) is 39.4 Å². The Morgan fingerprint density at radius 2 is 1.75 bits per heavy atom. The second kappa shape index (κ2) is 7.77. The molecule has 3 aromatic rings. The van der Waals surface area contributed by atoms with Crippen molar-refractivity contribution in [2.75, 3.05) is 0 Å². The molecule has 0 aliphatic carbocycles. The lowest BCUT2D eigenvalue weighted by Crippen LogP contribution is -2.16. The van der Waals surface area contributed by atoms with Gasteiger partial charge >= 0.3 is 6.18 Å². The molecule has 2 atom stereocenters. The molecule has 3 rings (SSSR count). The highest BCUT2D eigenvalue weighted by Gasteiger charge is 2.39. The average molecular weight is 395 g/mol. The van der Waals surface area contributed by atoms with E-state index in [1.165, 1.54) is 41.7 Å². The van der Waals surface area contributed by atoms with Crippen LogP contribution < -0.4 is 4.74 Å². The summed E-state index contributed by atoms with van der Waals surface area (Å²) < 4.78 is 61.7. The molecule has 0 bridgehead atoms. The summed E-state index contributed by atoms with van der Waals surface area (Å²) in [5.74, 6) is 0.603. The molecular weight excluding hydrogens is 374 g/mol. The molecule has 28 heavy (non-hydrogen) atoms. The molecule has 0 aliphatic heterocycles. The fourth-order valence-electron chi connectivity index (χ4n) is 3.02. The number of hydrogen-bond donors (Lipinski definition) is 0. The van der Waals surface area contributed by atoms with Crippen LogP contribution in [0.3, 0.4) is 0 Å². The van der Waals surface area contributed by atoms with Gasteiger partial charge in [0.15, 0.2) is 5.65 Å². The predicted octanol–water partition coefficient (Wildman–Crippen LogP) is 5.62. The molecule has 0 saturated carbocycles. The van der Waals surface area contributed by atoms with Gasteiger partial charge in [0.1, 0.15) is 29.1 Å². The Bertz CT molecular complexity index is 950. The van der Waals surface area contributed by atoms with Gasteiger partial charge in [-0.1, -0.05) is 20.3 Å². The number of pyridine rings is 1. The van der Waals surface area contributed by atoms with Crippen molar-refractivity contribution in [2.24, 2.45) is 5.92 Å². The van der Waals surface area contributed by atoms with E-state index < -0.39 is 23.7 Å². The Labute approximate surface area is 160 Å². The number of rotatable bonds is 6. The van der Waals surface area contributed by atoms with E-state index in [2.05, 4.69) is 10.2 Å². The zero-order valence-corrected chi connectivity index (χ0v) is 15.8. The van der Waals surface area contributed by atoms with Crippen LogP contribution in [-0.4, -0.2) is 14.6 Å². The van der Waals surface area contributed by atoms with Crippen molar-refractivity contribution in [3.63, 3.8) is 0 Å². The van der Waals surface area contributed by atoms with Gasteiger partial charge in [-0.2, -0.15) is 13.2 Å². The van der Waals surface area contributed by atoms with Crippen LogP contribution in [0.5, 0.6) is 5.75 Å². The molecule has 0 spiro atoms. The Kier molecular flexibility index (Phi) is 5.58. The summed E-state index contributed by atoms with van der Waals surface area (Å²) >= 11 is 0. The van der Waals surface area contributed by atoms with Crippen molar-refractivity contribution >= 4 is 5.65 Å². The van der Waals surface area contributed by atoms with Crippen LogP contribution in [0.1, 0.15) is 50.2 Å². The first-order chi connectivity index (χ1) is 13.2. The van der Waals surface area contributed by atoms with E-state index >= 15 is 0 Å². The lowest BCUT2D eigenvalue weighted by Gasteiger charge is -2.20. The normalized spacial score (nSPS) is 14.2. The Morgan fingerprint density at radius 1 is 1.07 bits per heavy atom. The molecule has 0 aliphatic rings. The van der Waals surface area contributed by atoms with E-state index in [0.29, 0.717) is 12.2 Å². The molecule has 0 saturated heterocycles. The van der Waals surface area contributed by atoms with E-state index in [4.69, 9.17) is 4.74 Å². The highest BCUT2D eigenvalue weighted by Crippen LogP contribution is 2.38. The van der Waals surface area contributed by atoms with Crippen LogP contribution in [0, 0.1) is 11.7 Å². The minimum Gasteiger partial charge on any atom is -0.486 e. The minimum absolute atomic E-state index is 0.0492. The fraction of sp³-hybridized carbons (Fsp3) is 0.400. The van der Waals surface area contributed by atoms with E-state index in [9.17, 15) is 17.6 Å². The summed E-state index contributed by atoms with van der Waals surface area (Å²) in [4.78, 5) is 0. The molecule has 2 aromatic heterocycles. The van der Waals surface area contributed by atoms with Crippen LogP contribution >= 0.6 is 0 Å². The highest BCUT2D eigenvalue weighted by molar-refractivity contribution is 5.54. The molecule has 0 amide bonds. The fourth-order valence-corrected chi connectivity index (χ4v) is 3.02. The predicted molar refractivity (Wildman–Crippen MR) is 96.6 cm³/mol. The van der Waals surface area contributed by atoms with Gasteiger partial charge in [-0.15, -0.1) is 10.2 Å². The summed E-state index contributed by atoms with van der Waals surface area (Å²) in [7, 11) is 0. The summed E-state index contributed by atoms with van der Waals surface area (Å²) in [6.45, 7) is 5.54. The van der Waals surface area contributed by atoms with Gasteiger partial charge in [0.25, 0.3) is 0 Å². The standard InChI is InChI=1S/C20H21F4N3O/c1-4-12(2)11-17-25-26-19-18(20(22,23)24)16(9-10-27(17)19)13(3)28-15-7-5-14(21)6-8-15/h5-10,12-13H,4,11H2,1-3H3. The first kappa shape index (κ1) is 20.1. The zero-order valence-electron chi connectivity index (χ0n) is 15.8. The first-order valence-corrected chi connectivity index (χ1v) is 9.06. The van der Waals surface area contributed by atoms with Gasteiger partial charge in [0.05, 0.1) is 0 Å². The SMILES string of the molecule is CCC(C)Cc1nnc2c(C(F)(F)F)c(C(C)Oc3ccc(F)cc3)ccn12. The summed E-state index contributed by atoms with van der Waals surface area (Å²) in [5, 5.41) is 7.80. The summed E-state index contributed by atoms with van der Waals surface area (Å²) in [5.41, 5.74) is -1.16. The molecular formula is C20H21F4N3O. The third kappa shape index (κ3) is 4.10. The number of aromatic nitrogens is 3. The number of nitrogens with zero attached hydrogens (tertiary/aromatic N) is 3. The largest absolute Gasteiger partial charge is 0.486 e. The Balaban J connectivity index is 2.03. The summed E-state index contributed by atoms with van der Waals surface area (Å²) in [6.07, 6.45) is -2.57. The molecule has 4 nitrogen and oxygen atoms in total. The molecule has 2 heterocycles. The van der Waals surface area contributed by atoms with Gasteiger partial charge < -0.3 is 4.74 Å². The minimum atomic E-state index is -4.63. The quantitative estimate of drug-likeness (QED) is 0.509. The van der Waals surface area contributed by atoms with E-state index in [0.717, 1.165) is 6.42 Å². The zero-order chi connectivity index (χ0) is 20.5. The van der Waals surface area contributed by atoms with Gasteiger partial charge in [0.2, 0.25) is 0 Å². The number of benzene rings is 1. The maximum atomic E-state index is 13.9. The highest BCUT2D eigenvalue weighted by atomic mass is 19.4. The van der Waals surface area contributed by atoms with Crippen LogP contribution in [0.2, 0.25) is 0 Å². The van der Waals surface area contributed by atoms with Gasteiger partial charge in [0, 0.05) is 18.2 Å². The van der Waals surface area contributed by atoms with Crippen molar-refractivity contribution in [1.82, 2.24) is 14.6 Å². The number of fused-ring (bicyclic) bond motifs is 1. The molecule has 1 aromatic carbocycles. The maximum Gasteiger partial charge on any atom is 0.420 e. The lowest BCUT2D eigenvalue weighted by molar-refractivity contribution is -0.138. The number of alkyl halides is 3. The molecule has 150 valence electrons. The number of halogens is 4. The number of hydrogen-bond acceptors (Lipinski definition) is 3. The van der Waals surface area contributed by atoms with Crippen molar-refractivity contribution in [3.05, 3.63) is 59.3 Å². The number of ether oxygens (including phenoxy) is 1. The lowest BCUT2D eigenvalue weighted by atomic mass is 10.0. The average Bonchev–Trinajstić information content (AvgIpc) is 3.04. The monoisotopic (exact) mass is 395 g/mol. The van der Waals surface area contributed by atoms with Crippen molar-refractivity contribution < 1.29 is 22.3 Å². The molecule has 2 unspecified atom stereocenters. The maximum absolute atomic E-state index is 13.9. The van der Waals surface area contributed by atoms with E-state index in [1.807, 2.05) is 13.8 Å². The smallest absolute Gasteiger partial charge is 0.420 e. The van der Waals surface area contributed by atoms with Crippen LogP contribution in [0.4, 0.5) is 17.6 Å². The van der Waals surface area contributed by atoms with E-state index in [-0.39, 0.29) is 22.9 Å². The molecule has 0 radical (unpaired) electrons. The molecule has 0 fully saturated rings. The second-order valence-electron chi connectivity index (χ2n) is 6.89. The van der Waals surface area contributed by atoms with Crippen LogP contribution in [-0.2, 0) is 12.6 Å². The van der Waals surface area contributed by atoms with Gasteiger partial charge in [-0.05, 0) is 43.2 Å². The molecule has 8 heteroatoms. The van der Waals surface area contributed by atoms with Gasteiger partial charge in [-0.25, -0.2) is 4.39 Å². The van der Waals surface area contributed by atoms with Gasteiger partial charge in [-0.3, -0.25) is 4.40 Å². The van der Waals surface area contributed by atoms with Crippen LogP contribution in [0.15, 0.2) is 36.5 Å². The van der Waals surface area contributed by atoms with Crippen molar-refractivity contribution in [1.29, 1.82) is 0 Å². The van der Waals surface area contributed by atoms with E-state index in [1.54, 1.807) is 6.20 Å². The van der Waals surface area contributed by atoms with Crippen molar-refractivity contribution in [2.45, 2.75) is 45.9 Å². The first-order valence-electron chi connectivity index (χ1n) is 9.06. The second-order valence-corrected chi connectivity index (χ2v) is 6.89. The Hall–Kier alpha value is -2.64.